The lowest BCUT2D eigenvalue weighted by Gasteiger charge is -2.61. The van der Waals surface area contributed by atoms with Gasteiger partial charge in [-0.05, 0) is 111 Å². The summed E-state index contributed by atoms with van der Waals surface area (Å²) in [6.45, 7) is 13.3. The van der Waals surface area contributed by atoms with Crippen molar-refractivity contribution in [2.24, 2.45) is 51.0 Å². The number of likely N-dealkylation sites (N-methyl/N-ethyl adjacent to an activating group) is 1. The molecule has 0 aromatic carbocycles. The topological polar surface area (TPSA) is 74.2 Å². The van der Waals surface area contributed by atoms with Crippen LogP contribution in [0.3, 0.4) is 0 Å². The fourth-order valence-electron chi connectivity index (χ4n) is 9.93. The zero-order valence-corrected chi connectivity index (χ0v) is 23.7. The largest absolute Gasteiger partial charge is 0.435 e. The van der Waals surface area contributed by atoms with Crippen molar-refractivity contribution < 1.29 is 14.7 Å². The number of carbonyl (C=O) groups is 1. The molecule has 0 bridgehead atoms. The highest BCUT2D eigenvalue weighted by molar-refractivity contribution is 5.85. The monoisotopic (exact) mass is 501 g/mol. The van der Waals surface area contributed by atoms with E-state index in [-0.39, 0.29) is 23.0 Å². The van der Waals surface area contributed by atoms with E-state index in [1.165, 1.54) is 38.5 Å². The molecule has 0 aromatic rings. The maximum atomic E-state index is 12.7. The Morgan fingerprint density at radius 2 is 1.75 bits per heavy atom. The summed E-state index contributed by atoms with van der Waals surface area (Å²) in [6, 6.07) is 0.316. The van der Waals surface area contributed by atoms with Gasteiger partial charge in [-0.1, -0.05) is 32.9 Å². The fraction of sp³-hybridized carbons (Fsp3) is 0.933. The lowest BCUT2D eigenvalue weighted by atomic mass is 9.44. The number of hydrogen-bond donors (Lipinski definition) is 2. The second kappa shape index (κ2) is 9.55. The van der Waals surface area contributed by atoms with Crippen LogP contribution in [-0.4, -0.2) is 54.1 Å². The van der Waals surface area contributed by atoms with E-state index in [0.717, 1.165) is 55.7 Å². The first-order valence-electron chi connectivity index (χ1n) is 14.8. The SMILES string of the molecule is C/C(=N\OC(=O)N(C)CC1CC(C)(C)CN1)[C@H]1CC[C@H]2[C@@H]3CC[C@@H]4C[C@@H](O)CC[C@]4(C)[C@H]3CC[C@]12C. The van der Waals surface area contributed by atoms with Gasteiger partial charge >= 0.3 is 6.09 Å². The average Bonchev–Trinajstić information content (AvgIpc) is 3.35. The van der Waals surface area contributed by atoms with Gasteiger partial charge in [-0.25, -0.2) is 4.79 Å². The average molecular weight is 502 g/mol. The molecule has 5 fully saturated rings. The Hall–Kier alpha value is -1.14. The van der Waals surface area contributed by atoms with Crippen molar-refractivity contribution in [3.05, 3.63) is 0 Å². The van der Waals surface area contributed by atoms with Gasteiger partial charge in [0, 0.05) is 32.1 Å². The minimum Gasteiger partial charge on any atom is -0.393 e. The van der Waals surface area contributed by atoms with E-state index in [2.05, 4.69) is 45.1 Å². The van der Waals surface area contributed by atoms with E-state index in [0.29, 0.717) is 29.8 Å². The summed E-state index contributed by atoms with van der Waals surface area (Å²) >= 11 is 0. The Balaban J connectivity index is 1.21. The van der Waals surface area contributed by atoms with Gasteiger partial charge in [-0.15, -0.1) is 0 Å². The number of carbonyl (C=O) groups excluding carboxylic acids is 1. The number of aliphatic hydroxyl groups excluding tert-OH is 1. The molecule has 0 spiro atoms. The molecular weight excluding hydrogens is 450 g/mol. The van der Waals surface area contributed by atoms with Crippen LogP contribution in [0.1, 0.15) is 98.8 Å². The highest BCUT2D eigenvalue weighted by atomic mass is 16.7. The Bertz CT molecular complexity index is 874. The molecule has 1 heterocycles. The molecule has 4 aliphatic carbocycles. The Morgan fingerprint density at radius 3 is 2.47 bits per heavy atom. The summed E-state index contributed by atoms with van der Waals surface area (Å²) in [7, 11) is 1.82. The van der Waals surface area contributed by atoms with E-state index in [1.807, 2.05) is 7.05 Å². The van der Waals surface area contributed by atoms with Gasteiger partial charge in [-0.2, -0.15) is 0 Å². The van der Waals surface area contributed by atoms with E-state index in [1.54, 1.807) is 4.90 Å². The van der Waals surface area contributed by atoms with E-state index < -0.39 is 0 Å². The first kappa shape index (κ1) is 26.5. The number of nitrogens with one attached hydrogen (secondary N) is 1. The molecule has 2 N–H and O–H groups in total. The third-order valence-corrected chi connectivity index (χ3v) is 11.9. The first-order valence-corrected chi connectivity index (χ1v) is 14.8. The number of rotatable bonds is 4. The van der Waals surface area contributed by atoms with Crippen molar-refractivity contribution >= 4 is 11.8 Å². The van der Waals surface area contributed by atoms with Crippen molar-refractivity contribution in [1.82, 2.24) is 10.2 Å². The van der Waals surface area contributed by atoms with Crippen LogP contribution in [0.5, 0.6) is 0 Å². The highest BCUT2D eigenvalue weighted by Gasteiger charge is 2.60. The third kappa shape index (κ3) is 4.63. The second-order valence-electron chi connectivity index (χ2n) is 14.7. The van der Waals surface area contributed by atoms with Crippen LogP contribution in [0.4, 0.5) is 4.79 Å². The predicted molar refractivity (Wildman–Crippen MR) is 144 cm³/mol. The predicted octanol–water partition coefficient (Wildman–Crippen LogP) is 5.84. The van der Waals surface area contributed by atoms with Crippen LogP contribution < -0.4 is 5.32 Å². The van der Waals surface area contributed by atoms with E-state index in [4.69, 9.17) is 4.84 Å². The summed E-state index contributed by atoms with van der Waals surface area (Å²) in [4.78, 5) is 19.9. The minimum atomic E-state index is -0.352. The van der Waals surface area contributed by atoms with Crippen LogP contribution in [0.2, 0.25) is 0 Å². The minimum absolute atomic E-state index is 0.0776. The normalized spacial score (nSPS) is 46.0. The van der Waals surface area contributed by atoms with Crippen LogP contribution in [0.25, 0.3) is 0 Å². The van der Waals surface area contributed by atoms with Gasteiger partial charge in [0.15, 0.2) is 0 Å². The van der Waals surface area contributed by atoms with Crippen LogP contribution in [0, 0.1) is 45.8 Å². The molecule has 1 aliphatic heterocycles. The zero-order valence-electron chi connectivity index (χ0n) is 23.7. The number of oxime groups is 1. The number of amides is 1. The van der Waals surface area contributed by atoms with Crippen molar-refractivity contribution in [2.75, 3.05) is 20.1 Å². The van der Waals surface area contributed by atoms with Crippen molar-refractivity contribution in [3.63, 3.8) is 0 Å². The van der Waals surface area contributed by atoms with Gasteiger partial charge in [0.05, 0.1) is 11.8 Å². The molecule has 9 atom stereocenters. The molecule has 1 saturated heterocycles. The highest BCUT2D eigenvalue weighted by Crippen LogP contribution is 2.67. The molecule has 4 saturated carbocycles. The molecule has 0 radical (unpaired) electrons. The molecule has 1 unspecified atom stereocenters. The summed E-state index contributed by atoms with van der Waals surface area (Å²) in [5.74, 6) is 3.45. The standard InChI is InChI=1S/C30H51N3O3/c1-19(32-36-27(35)33(6)17-21-16-28(2,3)18-31-21)24-9-10-25-23-8-7-20-15-22(34)11-13-29(20,4)26(23)12-14-30(24,25)5/h20-26,31,34H,7-18H2,1-6H3/b32-19+/t20-,21?,22+,23+,24-,25+,26+,29+,30-/m1/s1. The molecule has 6 nitrogen and oxygen atoms in total. The maximum Gasteiger partial charge on any atom is 0.435 e. The lowest BCUT2D eigenvalue weighted by molar-refractivity contribution is -0.123. The number of hydrogen-bond acceptors (Lipinski definition) is 5. The molecule has 5 aliphatic rings. The van der Waals surface area contributed by atoms with Gasteiger partial charge in [-0.3, -0.25) is 4.84 Å². The third-order valence-electron chi connectivity index (χ3n) is 11.9. The summed E-state index contributed by atoms with van der Waals surface area (Å²) in [6.07, 6.45) is 11.4. The number of fused-ring (bicyclic) bond motifs is 5. The summed E-state index contributed by atoms with van der Waals surface area (Å²) < 4.78 is 0. The van der Waals surface area contributed by atoms with Crippen molar-refractivity contribution in [1.29, 1.82) is 0 Å². The second-order valence-corrected chi connectivity index (χ2v) is 14.7. The molecule has 36 heavy (non-hydrogen) atoms. The zero-order chi connectivity index (χ0) is 25.9. The molecule has 0 aromatic heterocycles. The molecule has 5 rings (SSSR count). The fourth-order valence-corrected chi connectivity index (χ4v) is 9.93. The lowest BCUT2D eigenvalue weighted by Crippen LogP contribution is -2.54. The summed E-state index contributed by atoms with van der Waals surface area (Å²) in [5, 5.41) is 18.3. The van der Waals surface area contributed by atoms with Crippen LogP contribution >= 0.6 is 0 Å². The van der Waals surface area contributed by atoms with E-state index in [9.17, 15) is 9.90 Å². The molecule has 6 heteroatoms. The molecule has 204 valence electrons. The maximum absolute atomic E-state index is 12.7. The number of nitrogens with zero attached hydrogens (tertiary/aromatic N) is 2. The first-order chi connectivity index (χ1) is 16.9. The molecule has 1 amide bonds. The van der Waals surface area contributed by atoms with Crippen molar-refractivity contribution in [3.8, 4) is 0 Å². The quantitative estimate of drug-likeness (QED) is 0.288. The Kier molecular flexibility index (Phi) is 7.02. The van der Waals surface area contributed by atoms with Gasteiger partial charge in [0.2, 0.25) is 0 Å². The van der Waals surface area contributed by atoms with Gasteiger partial charge < -0.3 is 15.3 Å². The smallest absolute Gasteiger partial charge is 0.393 e. The Labute approximate surface area is 219 Å². The van der Waals surface area contributed by atoms with Crippen LogP contribution in [-0.2, 0) is 4.84 Å². The van der Waals surface area contributed by atoms with Gasteiger partial charge in [0.1, 0.15) is 0 Å². The van der Waals surface area contributed by atoms with Crippen molar-refractivity contribution in [2.45, 2.75) is 111 Å². The number of aliphatic hydroxyl groups is 1. The summed E-state index contributed by atoms with van der Waals surface area (Å²) in [5.41, 5.74) is 1.95. The van der Waals surface area contributed by atoms with Gasteiger partial charge in [0.25, 0.3) is 0 Å². The van der Waals surface area contributed by atoms with E-state index >= 15 is 0 Å². The van der Waals surface area contributed by atoms with Crippen LogP contribution in [0.15, 0.2) is 5.16 Å². The molecular formula is C30H51N3O3. The Morgan fingerprint density at radius 1 is 1.03 bits per heavy atom.